The molecular weight excluding hydrogens is 420 g/mol. The topological polar surface area (TPSA) is 43.4 Å². The first-order chi connectivity index (χ1) is 16.3. The van der Waals surface area contributed by atoms with Crippen LogP contribution in [0.15, 0.2) is 11.6 Å². The lowest BCUT2D eigenvalue weighted by Gasteiger charge is -2.57. The second-order valence-corrected chi connectivity index (χ2v) is 13.2. The number of fused-ring (bicyclic) bond motifs is 5. The Morgan fingerprint density at radius 1 is 0.941 bits per heavy atom. The molecule has 0 amide bonds. The minimum absolute atomic E-state index is 0.117. The molecule has 0 aliphatic heterocycles. The predicted octanol–water partition coefficient (Wildman–Crippen LogP) is 7.82. The number of carbonyl (C=O) groups excluding carboxylic acids is 2. The van der Waals surface area contributed by atoms with Crippen LogP contribution in [0.1, 0.15) is 124 Å². The van der Waals surface area contributed by atoms with E-state index in [9.17, 15) is 9.59 Å². The van der Waals surface area contributed by atoms with E-state index in [1.165, 1.54) is 69.8 Å². The summed E-state index contributed by atoms with van der Waals surface area (Å²) in [4.78, 5) is 25.3. The number of rotatable bonds is 6. The second-order valence-electron chi connectivity index (χ2n) is 13.2. The summed E-state index contributed by atoms with van der Waals surface area (Å²) in [5, 5.41) is 0. The zero-order valence-electron chi connectivity index (χ0n) is 22.1. The van der Waals surface area contributed by atoms with Crippen LogP contribution >= 0.6 is 0 Å². The molecule has 34 heavy (non-hydrogen) atoms. The van der Waals surface area contributed by atoms with E-state index in [0.717, 1.165) is 50.4 Å². The van der Waals surface area contributed by atoms with Crippen LogP contribution in [0.3, 0.4) is 0 Å². The van der Waals surface area contributed by atoms with Crippen LogP contribution in [0, 0.1) is 40.4 Å². The third-order valence-corrected chi connectivity index (χ3v) is 11.5. The maximum atomic E-state index is 13.2. The number of unbranched alkanes of at least 4 members (excludes halogenated alkanes) is 2. The Hall–Kier alpha value is -1.12. The number of allylic oxidation sites excluding steroid dienone is 1. The lowest BCUT2D eigenvalue weighted by Crippen LogP contribution is -2.51. The molecule has 4 saturated carbocycles. The van der Waals surface area contributed by atoms with E-state index in [-0.39, 0.29) is 28.8 Å². The standard InChI is InChI=1S/C31H48O3/c1-4-5-6-7-21-8-10-22(11-9-21)29(33)34-28-15-14-26-25-13-12-23-20-24(32)16-18-30(23,2)27(25)17-19-31(26,28)3/h20-22,25-28H,4-19H2,1-3H3/t21?,22?,25-,26+,27-,28-,30-,31-/m0/s1. The summed E-state index contributed by atoms with van der Waals surface area (Å²) in [6.45, 7) is 7.17. The molecule has 0 aromatic rings. The van der Waals surface area contributed by atoms with Crippen LogP contribution in [0.5, 0.6) is 0 Å². The number of esters is 1. The molecule has 0 unspecified atom stereocenters. The van der Waals surface area contributed by atoms with E-state index in [1.807, 2.05) is 6.08 Å². The lowest BCUT2D eigenvalue weighted by molar-refractivity contribution is -0.166. The van der Waals surface area contributed by atoms with Crippen molar-refractivity contribution in [1.29, 1.82) is 0 Å². The van der Waals surface area contributed by atoms with Gasteiger partial charge in [0.1, 0.15) is 6.10 Å². The highest BCUT2D eigenvalue weighted by molar-refractivity contribution is 5.91. The average molecular weight is 469 g/mol. The van der Waals surface area contributed by atoms with Crippen molar-refractivity contribution in [1.82, 2.24) is 0 Å². The molecule has 6 atom stereocenters. The Bertz CT molecular complexity index is 805. The maximum absolute atomic E-state index is 13.2. The Morgan fingerprint density at radius 3 is 2.50 bits per heavy atom. The Labute approximate surface area is 207 Å². The summed E-state index contributed by atoms with van der Waals surface area (Å²) in [6.07, 6.45) is 20.8. The first-order valence-corrected chi connectivity index (χ1v) is 14.8. The van der Waals surface area contributed by atoms with Gasteiger partial charge >= 0.3 is 5.97 Å². The number of ether oxygens (including phenoxy) is 1. The second kappa shape index (κ2) is 9.74. The highest BCUT2D eigenvalue weighted by atomic mass is 16.5. The van der Waals surface area contributed by atoms with Crippen molar-refractivity contribution in [3.05, 3.63) is 11.6 Å². The number of hydrogen-bond donors (Lipinski definition) is 0. The van der Waals surface area contributed by atoms with Crippen LogP contribution in [0.4, 0.5) is 0 Å². The molecule has 5 aliphatic rings. The zero-order chi connectivity index (χ0) is 23.9. The molecule has 5 rings (SSSR count). The smallest absolute Gasteiger partial charge is 0.309 e. The molecule has 5 aliphatic carbocycles. The molecule has 0 heterocycles. The monoisotopic (exact) mass is 468 g/mol. The lowest BCUT2D eigenvalue weighted by atomic mass is 9.47. The van der Waals surface area contributed by atoms with Crippen molar-refractivity contribution < 1.29 is 14.3 Å². The summed E-state index contributed by atoms with van der Waals surface area (Å²) in [5.74, 6) is 3.55. The van der Waals surface area contributed by atoms with Crippen molar-refractivity contribution in [2.45, 2.75) is 130 Å². The Kier molecular flexibility index (Phi) is 7.04. The fraction of sp³-hybridized carbons (Fsp3) is 0.871. The van der Waals surface area contributed by atoms with Gasteiger partial charge in [-0.2, -0.15) is 0 Å². The van der Waals surface area contributed by atoms with E-state index >= 15 is 0 Å². The van der Waals surface area contributed by atoms with Crippen molar-refractivity contribution >= 4 is 11.8 Å². The van der Waals surface area contributed by atoms with Gasteiger partial charge in [0.15, 0.2) is 5.78 Å². The van der Waals surface area contributed by atoms with E-state index in [4.69, 9.17) is 4.74 Å². The minimum atomic E-state index is 0.117. The van der Waals surface area contributed by atoms with Crippen molar-refractivity contribution in [3.63, 3.8) is 0 Å². The molecule has 0 spiro atoms. The van der Waals surface area contributed by atoms with Gasteiger partial charge in [0, 0.05) is 11.8 Å². The third-order valence-electron chi connectivity index (χ3n) is 11.5. The zero-order valence-corrected chi connectivity index (χ0v) is 22.1. The molecule has 4 fully saturated rings. The quantitative estimate of drug-likeness (QED) is 0.295. The summed E-state index contributed by atoms with van der Waals surface area (Å²) >= 11 is 0. The molecule has 0 aromatic heterocycles. The predicted molar refractivity (Wildman–Crippen MR) is 136 cm³/mol. The molecule has 0 saturated heterocycles. The van der Waals surface area contributed by atoms with Gasteiger partial charge in [-0.15, -0.1) is 0 Å². The van der Waals surface area contributed by atoms with Crippen LogP contribution in [0.2, 0.25) is 0 Å². The summed E-state index contributed by atoms with van der Waals surface area (Å²) in [5.41, 5.74) is 1.82. The van der Waals surface area contributed by atoms with Crippen LogP contribution in [-0.2, 0) is 14.3 Å². The van der Waals surface area contributed by atoms with Crippen molar-refractivity contribution in [2.75, 3.05) is 0 Å². The van der Waals surface area contributed by atoms with E-state index in [1.54, 1.807) is 0 Å². The van der Waals surface area contributed by atoms with Crippen molar-refractivity contribution in [3.8, 4) is 0 Å². The molecule has 3 nitrogen and oxygen atoms in total. The number of ketones is 1. The SMILES string of the molecule is CCCCCC1CCC(C(=O)O[C@H]2CC[C@@H]3[C@@H]4CCC5=CC(=O)CC[C@]5(C)[C@H]4CC[C@]23C)CC1. The fourth-order valence-electron chi connectivity index (χ4n) is 9.31. The van der Waals surface area contributed by atoms with E-state index < -0.39 is 0 Å². The third kappa shape index (κ3) is 4.32. The van der Waals surface area contributed by atoms with E-state index in [2.05, 4.69) is 20.8 Å². The summed E-state index contributed by atoms with van der Waals surface area (Å²) < 4.78 is 6.39. The molecule has 0 aromatic carbocycles. The maximum Gasteiger partial charge on any atom is 0.309 e. The van der Waals surface area contributed by atoms with Gasteiger partial charge < -0.3 is 4.74 Å². The van der Waals surface area contributed by atoms with Gasteiger partial charge in [0.05, 0.1) is 5.92 Å². The van der Waals surface area contributed by atoms with Gasteiger partial charge in [0.25, 0.3) is 0 Å². The Balaban J connectivity index is 1.19. The van der Waals surface area contributed by atoms with Crippen LogP contribution in [0.25, 0.3) is 0 Å². The van der Waals surface area contributed by atoms with Gasteiger partial charge in [-0.25, -0.2) is 0 Å². The van der Waals surface area contributed by atoms with E-state index in [0.29, 0.717) is 17.6 Å². The normalized spacial score (nSPS) is 44.0. The summed E-state index contributed by atoms with van der Waals surface area (Å²) in [7, 11) is 0. The van der Waals surface area contributed by atoms with Gasteiger partial charge in [0.2, 0.25) is 0 Å². The van der Waals surface area contributed by atoms with Gasteiger partial charge in [-0.05, 0) is 106 Å². The van der Waals surface area contributed by atoms with Crippen LogP contribution < -0.4 is 0 Å². The minimum Gasteiger partial charge on any atom is -0.462 e. The van der Waals surface area contributed by atoms with Gasteiger partial charge in [-0.1, -0.05) is 52.0 Å². The van der Waals surface area contributed by atoms with Crippen molar-refractivity contribution in [2.24, 2.45) is 40.4 Å². The molecule has 0 radical (unpaired) electrons. The first-order valence-electron chi connectivity index (χ1n) is 14.8. The molecule has 3 heteroatoms. The number of hydrogen-bond acceptors (Lipinski definition) is 3. The Morgan fingerprint density at radius 2 is 1.74 bits per heavy atom. The number of carbonyl (C=O) groups is 2. The average Bonchev–Trinajstić information content (AvgIpc) is 3.16. The molecule has 190 valence electrons. The molecule has 0 N–H and O–H groups in total. The van der Waals surface area contributed by atoms with Gasteiger partial charge in [-0.3, -0.25) is 9.59 Å². The van der Waals surface area contributed by atoms with Crippen LogP contribution in [-0.4, -0.2) is 17.9 Å². The molecule has 0 bridgehead atoms. The highest BCUT2D eigenvalue weighted by Gasteiger charge is 2.60. The molecular formula is C31H48O3. The highest BCUT2D eigenvalue weighted by Crippen LogP contribution is 2.65. The summed E-state index contributed by atoms with van der Waals surface area (Å²) in [6, 6.07) is 0. The largest absolute Gasteiger partial charge is 0.462 e. The first kappa shape index (κ1) is 24.6. The fourth-order valence-corrected chi connectivity index (χ4v) is 9.31.